The number of nitrogens with zero attached hydrogens (tertiary/aromatic N) is 5. The van der Waals surface area contributed by atoms with Crippen molar-refractivity contribution in [2.45, 2.75) is 129 Å². The maximum atomic E-state index is 6.74. The zero-order valence-corrected chi connectivity index (χ0v) is 27.4. The van der Waals surface area contributed by atoms with Gasteiger partial charge in [0.1, 0.15) is 11.6 Å². The van der Waals surface area contributed by atoms with E-state index in [1.54, 1.807) is 0 Å². The summed E-state index contributed by atoms with van der Waals surface area (Å²) in [5, 5.41) is 7.77. The van der Waals surface area contributed by atoms with E-state index in [0.29, 0.717) is 0 Å². The summed E-state index contributed by atoms with van der Waals surface area (Å²) >= 11 is 6.74. The van der Waals surface area contributed by atoms with Crippen LogP contribution in [0.25, 0.3) is 0 Å². The van der Waals surface area contributed by atoms with Gasteiger partial charge in [-0.05, 0) is 106 Å². The van der Waals surface area contributed by atoms with Gasteiger partial charge in [0.15, 0.2) is 0 Å². The van der Waals surface area contributed by atoms with E-state index >= 15 is 0 Å². The van der Waals surface area contributed by atoms with Crippen LogP contribution in [-0.2, 0) is 0 Å². The number of halogens is 1. The lowest BCUT2D eigenvalue weighted by molar-refractivity contribution is 0.0392. The Morgan fingerprint density at radius 1 is 0.692 bits per heavy atom. The number of hydrogen-bond donors (Lipinski definition) is 2. The smallest absolute Gasteiger partial charge is 0.225 e. The van der Waals surface area contributed by atoms with Gasteiger partial charge in [0.25, 0.3) is 0 Å². The maximum Gasteiger partial charge on any atom is 0.225 e. The Balaban J connectivity index is 2.18. The van der Waals surface area contributed by atoms with Gasteiger partial charge in [-0.25, -0.2) is 15.0 Å². The van der Waals surface area contributed by atoms with Gasteiger partial charge in [0.05, 0.1) is 11.8 Å². The van der Waals surface area contributed by atoms with Crippen molar-refractivity contribution in [2.75, 3.05) is 27.2 Å². The van der Waals surface area contributed by atoms with Crippen molar-refractivity contribution in [3.63, 3.8) is 0 Å². The quantitative estimate of drug-likeness (QED) is 0.328. The average Bonchev–Trinajstić information content (AvgIpc) is 2.81. The minimum Gasteiger partial charge on any atom is -0.388 e. The van der Waals surface area contributed by atoms with E-state index in [4.69, 9.17) is 26.6 Å². The molecule has 0 aromatic carbocycles. The number of hydrogen-bond acceptors (Lipinski definition) is 7. The molecule has 3 heterocycles. The fraction of sp³-hybridized carbons (Fsp3) is 0.774. The summed E-state index contributed by atoms with van der Waals surface area (Å²) in [5.74, 6) is 1.30. The van der Waals surface area contributed by atoms with Crippen molar-refractivity contribution in [1.29, 1.82) is 0 Å². The van der Waals surface area contributed by atoms with E-state index in [-0.39, 0.29) is 39.3 Å². The van der Waals surface area contributed by atoms with E-state index in [2.05, 4.69) is 116 Å². The van der Waals surface area contributed by atoms with Crippen LogP contribution in [0.4, 0.5) is 0 Å². The molecule has 1 aromatic rings. The van der Waals surface area contributed by atoms with E-state index in [1.807, 2.05) is 0 Å². The van der Waals surface area contributed by atoms with Gasteiger partial charge in [-0.1, -0.05) is 26.7 Å². The third-order valence-electron chi connectivity index (χ3n) is 9.39. The van der Waals surface area contributed by atoms with Crippen LogP contribution in [0.15, 0.2) is 23.5 Å². The monoisotopic (exact) mass is 559 g/mol. The highest BCUT2D eigenvalue weighted by atomic mass is 35.5. The molecule has 0 radical (unpaired) electrons. The van der Waals surface area contributed by atoms with E-state index < -0.39 is 0 Å². The normalized spacial score (nSPS) is 26.1. The second-order valence-electron chi connectivity index (χ2n) is 13.7. The topological polar surface area (TPSA) is 69.2 Å². The molecule has 8 heteroatoms. The first-order chi connectivity index (χ1) is 18.0. The Kier molecular flexibility index (Phi) is 9.51. The van der Waals surface area contributed by atoms with Crippen LogP contribution in [-0.4, -0.2) is 74.1 Å². The van der Waals surface area contributed by atoms with Crippen LogP contribution in [0, 0.1) is 0 Å². The molecular formula is C31H54ClN7. The molecule has 0 amide bonds. The second kappa shape index (κ2) is 11.7. The van der Waals surface area contributed by atoms with Crippen molar-refractivity contribution in [2.24, 2.45) is 0 Å². The van der Waals surface area contributed by atoms with Gasteiger partial charge >= 0.3 is 0 Å². The Morgan fingerprint density at radius 3 is 1.38 bits per heavy atom. The fourth-order valence-corrected chi connectivity index (χ4v) is 6.60. The largest absolute Gasteiger partial charge is 0.388 e. The zero-order chi connectivity index (χ0) is 29.4. The Labute approximate surface area is 243 Å². The molecule has 2 aliphatic heterocycles. The van der Waals surface area contributed by atoms with Crippen LogP contribution in [0.2, 0.25) is 5.28 Å². The van der Waals surface area contributed by atoms with Crippen LogP contribution in [0.5, 0.6) is 0 Å². The molecule has 2 N–H and O–H groups in total. The Morgan fingerprint density at radius 2 is 1.05 bits per heavy atom. The van der Waals surface area contributed by atoms with E-state index in [1.165, 1.54) is 11.4 Å². The van der Waals surface area contributed by atoms with Gasteiger partial charge in [-0.2, -0.15) is 0 Å². The summed E-state index contributed by atoms with van der Waals surface area (Å²) in [4.78, 5) is 19.7. The Hall–Kier alpha value is -1.70. The Bertz CT molecular complexity index is 992. The highest BCUT2D eigenvalue weighted by Crippen LogP contribution is 2.47. The summed E-state index contributed by atoms with van der Waals surface area (Å²) in [6.07, 6.45) is 9.18. The average molecular weight is 560 g/mol. The molecule has 1 aromatic heterocycles. The summed E-state index contributed by atoms with van der Waals surface area (Å²) in [6.45, 7) is 24.5. The van der Waals surface area contributed by atoms with Crippen molar-refractivity contribution in [1.82, 2.24) is 35.4 Å². The minimum atomic E-state index is -0.256. The molecule has 2 unspecified atom stereocenters. The number of rotatable bonds is 10. The van der Waals surface area contributed by atoms with Crippen LogP contribution in [0.1, 0.15) is 118 Å². The third kappa shape index (κ3) is 6.31. The highest BCUT2D eigenvalue weighted by Gasteiger charge is 2.50. The molecule has 7 nitrogen and oxygen atoms in total. The van der Waals surface area contributed by atoms with E-state index in [9.17, 15) is 0 Å². The summed E-state index contributed by atoms with van der Waals surface area (Å²) in [6, 6.07) is 0. The molecule has 3 rings (SSSR count). The predicted octanol–water partition coefficient (Wildman–Crippen LogP) is 6.24. The lowest BCUT2D eigenvalue weighted by Crippen LogP contribution is -2.60. The van der Waals surface area contributed by atoms with Crippen molar-refractivity contribution in [3.05, 3.63) is 40.5 Å². The molecule has 220 valence electrons. The summed E-state index contributed by atoms with van der Waals surface area (Å²) in [7, 11) is 4.38. The van der Waals surface area contributed by atoms with Crippen LogP contribution < -0.4 is 10.6 Å². The van der Waals surface area contributed by atoms with Gasteiger partial charge < -0.3 is 10.6 Å². The first kappa shape index (κ1) is 31.8. The zero-order valence-electron chi connectivity index (χ0n) is 26.7. The maximum absolute atomic E-state index is 6.74. The SMILES string of the molecule is CCCCNC1=CC(C)(C)N(C)C(C)(C)C1c1nc(Cl)nc(C2C(NCCCC)=CC(C)(C)N(C)C2(C)C)n1. The van der Waals surface area contributed by atoms with Gasteiger partial charge in [0.2, 0.25) is 5.28 Å². The molecule has 2 aliphatic rings. The number of likely N-dealkylation sites (N-methyl/N-ethyl adjacent to an activating group) is 2. The highest BCUT2D eigenvalue weighted by molar-refractivity contribution is 6.28. The van der Waals surface area contributed by atoms with E-state index in [0.717, 1.165) is 50.4 Å². The standard InChI is InChI=1S/C31H54ClN7/c1-13-15-17-33-21-19-28(3,4)38(11)30(7,8)23(21)25-35-26(37-27(32)36-25)24-22(34-18-16-14-2)20-29(5,6)39(12)31(24,9)10/h19-20,23-24,33-34H,13-18H2,1-12H3. The van der Waals surface area contributed by atoms with Crippen LogP contribution >= 0.6 is 11.6 Å². The molecule has 0 saturated heterocycles. The molecule has 0 spiro atoms. The van der Waals surface area contributed by atoms with Crippen molar-refractivity contribution < 1.29 is 0 Å². The third-order valence-corrected chi connectivity index (χ3v) is 9.56. The lowest BCUT2D eigenvalue weighted by atomic mass is 9.74. The number of unbranched alkanes of at least 4 members (excludes halogenated alkanes) is 2. The van der Waals surface area contributed by atoms with Gasteiger partial charge in [0, 0.05) is 46.6 Å². The van der Waals surface area contributed by atoms with Crippen molar-refractivity contribution in [3.8, 4) is 0 Å². The number of nitrogens with one attached hydrogen (secondary N) is 2. The van der Waals surface area contributed by atoms with Gasteiger partial charge in [-0.3, -0.25) is 9.80 Å². The fourth-order valence-electron chi connectivity index (χ4n) is 6.43. The molecular weight excluding hydrogens is 506 g/mol. The first-order valence-electron chi connectivity index (χ1n) is 14.8. The number of aromatic nitrogens is 3. The predicted molar refractivity (Wildman–Crippen MR) is 164 cm³/mol. The summed E-state index contributed by atoms with van der Waals surface area (Å²) < 4.78 is 0. The van der Waals surface area contributed by atoms with Gasteiger partial charge in [-0.15, -0.1) is 0 Å². The molecule has 39 heavy (non-hydrogen) atoms. The first-order valence-corrected chi connectivity index (χ1v) is 15.2. The molecule has 0 saturated carbocycles. The van der Waals surface area contributed by atoms with Crippen molar-refractivity contribution >= 4 is 11.6 Å². The molecule has 0 bridgehead atoms. The molecule has 2 atom stereocenters. The summed E-state index contributed by atoms with van der Waals surface area (Å²) in [5.41, 5.74) is 1.59. The molecule has 0 fully saturated rings. The van der Waals surface area contributed by atoms with Crippen LogP contribution in [0.3, 0.4) is 0 Å². The second-order valence-corrected chi connectivity index (χ2v) is 14.0. The molecule has 0 aliphatic carbocycles. The lowest BCUT2D eigenvalue weighted by Gasteiger charge is -2.54. The minimum absolute atomic E-state index is 0.0759.